The second kappa shape index (κ2) is 5.88. The van der Waals surface area contributed by atoms with Crippen LogP contribution in [0, 0.1) is 0 Å². The van der Waals surface area contributed by atoms with Crippen LogP contribution < -0.4 is 10.9 Å². The fourth-order valence-electron chi connectivity index (χ4n) is 1.72. The summed E-state index contributed by atoms with van der Waals surface area (Å²) in [6, 6.07) is 3.61. The molecule has 6 heteroatoms. The number of H-pyrrole nitrogens is 1. The summed E-state index contributed by atoms with van der Waals surface area (Å²) in [5, 5.41) is 13.5. The van der Waals surface area contributed by atoms with Gasteiger partial charge < -0.3 is 10.3 Å². The van der Waals surface area contributed by atoms with Crippen molar-refractivity contribution < 1.29 is 0 Å². The minimum atomic E-state index is -0.122. The van der Waals surface area contributed by atoms with Gasteiger partial charge in [-0.25, -0.2) is 0 Å². The molecule has 96 valence electrons. The lowest BCUT2D eigenvalue weighted by Crippen LogP contribution is -2.19. The fourth-order valence-corrected chi connectivity index (χ4v) is 2.72. The fraction of sp³-hybridized carbons (Fsp3) is 0.417. The molecule has 0 saturated carbocycles. The first kappa shape index (κ1) is 12.9. The molecule has 0 aromatic carbocycles. The van der Waals surface area contributed by atoms with Crippen LogP contribution in [0.1, 0.15) is 31.3 Å². The molecule has 2 heterocycles. The Hall–Kier alpha value is -1.53. The molecule has 0 fully saturated rings. The normalized spacial score (nSPS) is 12.6. The maximum Gasteiger partial charge on any atom is 0.248 e. The second-order valence-electron chi connectivity index (χ2n) is 3.91. The molecule has 0 spiro atoms. The maximum atomic E-state index is 11.3. The van der Waals surface area contributed by atoms with Gasteiger partial charge in [0.15, 0.2) is 0 Å². The lowest BCUT2D eigenvalue weighted by molar-refractivity contribution is 0.531. The Bertz CT molecular complexity index is 563. The van der Waals surface area contributed by atoms with Crippen molar-refractivity contribution in [2.75, 3.05) is 6.54 Å². The van der Waals surface area contributed by atoms with Gasteiger partial charge in [-0.1, -0.05) is 25.2 Å². The summed E-state index contributed by atoms with van der Waals surface area (Å²) in [5.74, 6) is 0. The van der Waals surface area contributed by atoms with E-state index >= 15 is 0 Å². The number of aromatic amines is 1. The molecule has 1 unspecified atom stereocenters. The lowest BCUT2D eigenvalue weighted by Gasteiger charge is -2.10. The van der Waals surface area contributed by atoms with Gasteiger partial charge in [0.1, 0.15) is 10.0 Å². The van der Waals surface area contributed by atoms with E-state index in [1.165, 1.54) is 11.3 Å². The topological polar surface area (TPSA) is 70.7 Å². The number of hydrogen-bond donors (Lipinski definition) is 2. The van der Waals surface area contributed by atoms with Gasteiger partial charge in [0.25, 0.3) is 0 Å². The highest BCUT2D eigenvalue weighted by molar-refractivity contribution is 7.14. The Morgan fingerprint density at radius 3 is 2.94 bits per heavy atom. The zero-order valence-electron chi connectivity index (χ0n) is 10.4. The minimum Gasteiger partial charge on any atom is -0.329 e. The van der Waals surface area contributed by atoms with Crippen LogP contribution in [0.25, 0.3) is 10.6 Å². The van der Waals surface area contributed by atoms with E-state index in [0.717, 1.165) is 28.5 Å². The van der Waals surface area contributed by atoms with E-state index in [9.17, 15) is 4.79 Å². The van der Waals surface area contributed by atoms with Crippen LogP contribution in [0.3, 0.4) is 0 Å². The van der Waals surface area contributed by atoms with Gasteiger partial charge >= 0.3 is 0 Å². The van der Waals surface area contributed by atoms with Crippen LogP contribution in [-0.4, -0.2) is 21.7 Å². The van der Waals surface area contributed by atoms with Gasteiger partial charge in [-0.3, -0.25) is 4.79 Å². The first-order chi connectivity index (χ1) is 8.74. The van der Waals surface area contributed by atoms with Crippen LogP contribution >= 0.6 is 11.3 Å². The first-order valence-corrected chi connectivity index (χ1v) is 6.82. The van der Waals surface area contributed by atoms with Crippen LogP contribution in [0.15, 0.2) is 23.1 Å². The van der Waals surface area contributed by atoms with E-state index in [1.807, 2.05) is 6.07 Å². The maximum absolute atomic E-state index is 11.3. The molecule has 0 aliphatic rings. The van der Waals surface area contributed by atoms with E-state index in [2.05, 4.69) is 34.3 Å². The van der Waals surface area contributed by atoms with Crippen molar-refractivity contribution in [1.82, 2.24) is 20.5 Å². The van der Waals surface area contributed by atoms with Crippen molar-refractivity contribution in [1.29, 1.82) is 0 Å². The lowest BCUT2D eigenvalue weighted by atomic mass is 10.2. The van der Waals surface area contributed by atoms with Gasteiger partial charge in [0.2, 0.25) is 5.56 Å². The third kappa shape index (κ3) is 2.83. The van der Waals surface area contributed by atoms with E-state index < -0.39 is 0 Å². The number of pyridine rings is 1. The first-order valence-electron chi connectivity index (χ1n) is 6.00. The minimum absolute atomic E-state index is 0.122. The summed E-state index contributed by atoms with van der Waals surface area (Å²) in [7, 11) is 0. The monoisotopic (exact) mass is 264 g/mol. The molecule has 2 rings (SSSR count). The molecule has 1 atom stereocenters. The summed E-state index contributed by atoms with van der Waals surface area (Å²) in [5.41, 5.74) is 0.692. The number of nitrogens with one attached hydrogen (secondary N) is 2. The molecule has 2 N–H and O–H groups in total. The Kier molecular flexibility index (Phi) is 4.22. The van der Waals surface area contributed by atoms with Gasteiger partial charge in [-0.05, 0) is 19.0 Å². The molecule has 0 amide bonds. The molecule has 0 aliphatic carbocycles. The summed E-state index contributed by atoms with van der Waals surface area (Å²) >= 11 is 1.53. The number of rotatable bonds is 5. The van der Waals surface area contributed by atoms with E-state index in [4.69, 9.17) is 0 Å². The smallest absolute Gasteiger partial charge is 0.248 e. The van der Waals surface area contributed by atoms with Crippen LogP contribution in [0.5, 0.6) is 0 Å². The zero-order valence-corrected chi connectivity index (χ0v) is 11.3. The van der Waals surface area contributed by atoms with Crippen LogP contribution in [-0.2, 0) is 0 Å². The predicted molar refractivity (Wildman–Crippen MR) is 72.7 cm³/mol. The van der Waals surface area contributed by atoms with Crippen LogP contribution in [0.2, 0.25) is 0 Å². The van der Waals surface area contributed by atoms with Crippen molar-refractivity contribution >= 4 is 11.3 Å². The zero-order chi connectivity index (χ0) is 13.0. The summed E-state index contributed by atoms with van der Waals surface area (Å²) < 4.78 is 0. The Balaban J connectivity index is 2.27. The van der Waals surface area contributed by atoms with Crippen molar-refractivity contribution in [3.8, 4) is 10.6 Å². The average Bonchev–Trinajstić information content (AvgIpc) is 2.85. The van der Waals surface area contributed by atoms with Crippen LogP contribution in [0.4, 0.5) is 0 Å². The van der Waals surface area contributed by atoms with Gasteiger partial charge in [0.05, 0.1) is 6.04 Å². The molecule has 18 heavy (non-hydrogen) atoms. The summed E-state index contributed by atoms with van der Waals surface area (Å²) in [6.45, 7) is 5.08. The number of hydrogen-bond acceptors (Lipinski definition) is 5. The average molecular weight is 264 g/mol. The molecule has 0 saturated heterocycles. The number of aromatic nitrogens is 3. The Morgan fingerprint density at radius 2 is 2.28 bits per heavy atom. The largest absolute Gasteiger partial charge is 0.329 e. The number of nitrogens with zero attached hydrogens (tertiary/aromatic N) is 2. The molecule has 2 aromatic heterocycles. The highest BCUT2D eigenvalue weighted by Crippen LogP contribution is 2.26. The highest BCUT2D eigenvalue weighted by Gasteiger charge is 2.14. The van der Waals surface area contributed by atoms with Gasteiger partial charge in [-0.2, -0.15) is 0 Å². The van der Waals surface area contributed by atoms with Crippen molar-refractivity contribution in [2.24, 2.45) is 0 Å². The van der Waals surface area contributed by atoms with E-state index in [0.29, 0.717) is 0 Å². The standard InChI is InChI=1S/C12H16N4OS/c1-3-9(13-4-2)12-16-15-11(18-12)8-5-6-14-10(17)7-8/h5-7,9,13H,3-4H2,1-2H3,(H,14,17). The van der Waals surface area contributed by atoms with Gasteiger partial charge in [-0.15, -0.1) is 10.2 Å². The Labute approximate surface area is 109 Å². The highest BCUT2D eigenvalue weighted by atomic mass is 32.1. The third-order valence-corrected chi connectivity index (χ3v) is 3.71. The quantitative estimate of drug-likeness (QED) is 0.866. The molecule has 0 aliphatic heterocycles. The third-order valence-electron chi connectivity index (χ3n) is 2.62. The van der Waals surface area contributed by atoms with E-state index in [-0.39, 0.29) is 11.6 Å². The summed E-state index contributed by atoms with van der Waals surface area (Å²) in [4.78, 5) is 13.8. The molecule has 0 bridgehead atoms. The van der Waals surface area contributed by atoms with Crippen molar-refractivity contribution in [3.05, 3.63) is 33.7 Å². The SMILES string of the molecule is CCNC(CC)c1nnc(-c2cc[nH]c(=O)c2)s1. The van der Waals surface area contributed by atoms with Gasteiger partial charge in [0, 0.05) is 17.8 Å². The van der Waals surface area contributed by atoms with Crippen molar-refractivity contribution in [3.63, 3.8) is 0 Å². The Morgan fingerprint density at radius 1 is 1.44 bits per heavy atom. The van der Waals surface area contributed by atoms with Crippen molar-refractivity contribution in [2.45, 2.75) is 26.3 Å². The predicted octanol–water partition coefficient (Wildman–Crippen LogP) is 1.95. The second-order valence-corrected chi connectivity index (χ2v) is 4.91. The molecule has 5 nitrogen and oxygen atoms in total. The molecule has 2 aromatic rings. The summed E-state index contributed by atoms with van der Waals surface area (Å²) in [6.07, 6.45) is 2.60. The van der Waals surface area contributed by atoms with E-state index in [1.54, 1.807) is 12.3 Å². The molecular formula is C12H16N4OS. The molecule has 0 radical (unpaired) electrons. The molecular weight excluding hydrogens is 248 g/mol.